The van der Waals surface area contributed by atoms with Crippen molar-refractivity contribution in [2.75, 3.05) is 16.8 Å². The second kappa shape index (κ2) is 8.85. The first-order chi connectivity index (χ1) is 13.5. The first-order valence-corrected chi connectivity index (χ1v) is 8.86. The summed E-state index contributed by atoms with van der Waals surface area (Å²) in [6, 6.07) is 18.2. The molecule has 0 saturated heterocycles. The summed E-state index contributed by atoms with van der Waals surface area (Å²) in [6.45, 7) is 3.40. The van der Waals surface area contributed by atoms with Crippen molar-refractivity contribution < 1.29 is 18.8 Å². The molecule has 2 aromatic carbocycles. The number of amides is 2. The van der Waals surface area contributed by atoms with Gasteiger partial charge in [0.25, 0.3) is 0 Å². The molecule has 0 atom stereocenters. The number of carbonyl (C=O) groups excluding carboxylic acids is 2. The third-order valence-corrected chi connectivity index (χ3v) is 3.97. The van der Waals surface area contributed by atoms with Gasteiger partial charge in [-0.2, -0.15) is 0 Å². The van der Waals surface area contributed by atoms with E-state index in [0.29, 0.717) is 28.8 Å². The third-order valence-electron chi connectivity index (χ3n) is 3.97. The molecule has 2 amide bonds. The van der Waals surface area contributed by atoms with Crippen molar-refractivity contribution in [3.63, 3.8) is 0 Å². The second-order valence-electron chi connectivity index (χ2n) is 6.17. The highest BCUT2D eigenvalue weighted by atomic mass is 16.5. The van der Waals surface area contributed by atoms with E-state index in [9.17, 15) is 9.59 Å². The van der Waals surface area contributed by atoms with Crippen LogP contribution in [0.4, 0.5) is 11.5 Å². The summed E-state index contributed by atoms with van der Waals surface area (Å²) < 4.78 is 10.9. The summed E-state index contributed by atoms with van der Waals surface area (Å²) >= 11 is 0. The van der Waals surface area contributed by atoms with Crippen molar-refractivity contribution in [1.29, 1.82) is 0 Å². The molecule has 0 unspecified atom stereocenters. The lowest BCUT2D eigenvalue weighted by atomic mass is 10.2. The van der Waals surface area contributed by atoms with Gasteiger partial charge in [-0.1, -0.05) is 35.5 Å². The second-order valence-corrected chi connectivity index (χ2v) is 6.17. The molecule has 0 radical (unpaired) electrons. The molecule has 0 saturated carbocycles. The Morgan fingerprint density at radius 3 is 2.50 bits per heavy atom. The molecule has 0 bridgehead atoms. The standard InChI is InChI=1S/C21H21N3O4/c1-15-14-20(23-28-15)22-21(26)12-13-24(16(2)25)18-10-6-7-11-19(18)27-17-8-4-3-5-9-17/h3-11,14H,12-13H2,1-2H3,(H,22,23,26). The topological polar surface area (TPSA) is 84.7 Å². The van der Waals surface area contributed by atoms with Crippen LogP contribution in [0.3, 0.4) is 0 Å². The van der Waals surface area contributed by atoms with E-state index in [1.807, 2.05) is 42.5 Å². The Bertz CT molecular complexity index is 953. The van der Waals surface area contributed by atoms with Gasteiger partial charge in [0, 0.05) is 26.0 Å². The number of aryl methyl sites for hydroxylation is 1. The zero-order valence-electron chi connectivity index (χ0n) is 15.7. The smallest absolute Gasteiger partial charge is 0.227 e. The van der Waals surface area contributed by atoms with Crippen molar-refractivity contribution >= 4 is 23.3 Å². The van der Waals surface area contributed by atoms with E-state index >= 15 is 0 Å². The molecule has 1 N–H and O–H groups in total. The minimum Gasteiger partial charge on any atom is -0.455 e. The predicted octanol–water partition coefficient (Wildman–Crippen LogP) is 4.16. The summed E-state index contributed by atoms with van der Waals surface area (Å²) in [4.78, 5) is 25.9. The maximum Gasteiger partial charge on any atom is 0.227 e. The highest BCUT2D eigenvalue weighted by Gasteiger charge is 2.18. The molecule has 0 aliphatic heterocycles. The number of carbonyl (C=O) groups is 2. The van der Waals surface area contributed by atoms with Crippen molar-refractivity contribution in [2.45, 2.75) is 20.3 Å². The zero-order valence-corrected chi connectivity index (χ0v) is 15.7. The Kier molecular flexibility index (Phi) is 6.06. The van der Waals surface area contributed by atoms with Crippen LogP contribution in [0.15, 0.2) is 65.2 Å². The number of nitrogens with zero attached hydrogens (tertiary/aromatic N) is 2. The Morgan fingerprint density at radius 1 is 1.11 bits per heavy atom. The molecule has 3 rings (SSSR count). The largest absolute Gasteiger partial charge is 0.455 e. The van der Waals surface area contributed by atoms with Crippen molar-refractivity contribution in [1.82, 2.24) is 5.16 Å². The summed E-state index contributed by atoms with van der Waals surface area (Å²) in [5.74, 6) is 1.71. The molecule has 0 spiro atoms. The Hall–Kier alpha value is -3.61. The van der Waals surface area contributed by atoms with Gasteiger partial charge in [-0.15, -0.1) is 0 Å². The van der Waals surface area contributed by atoms with Crippen molar-refractivity contribution in [3.8, 4) is 11.5 Å². The minimum atomic E-state index is -0.263. The molecular weight excluding hydrogens is 358 g/mol. The number of rotatable bonds is 7. The van der Waals surface area contributed by atoms with E-state index in [1.54, 1.807) is 25.1 Å². The number of hydrogen-bond donors (Lipinski definition) is 1. The molecule has 7 nitrogen and oxygen atoms in total. The maximum atomic E-state index is 12.2. The molecule has 1 aromatic heterocycles. The normalized spacial score (nSPS) is 10.4. The Morgan fingerprint density at radius 2 is 1.82 bits per heavy atom. The number of nitrogens with one attached hydrogen (secondary N) is 1. The van der Waals surface area contributed by atoms with Gasteiger partial charge in [-0.05, 0) is 31.2 Å². The predicted molar refractivity (Wildman–Crippen MR) is 105 cm³/mol. The monoisotopic (exact) mass is 379 g/mol. The van der Waals surface area contributed by atoms with Crippen LogP contribution in [-0.4, -0.2) is 23.5 Å². The van der Waals surface area contributed by atoms with Gasteiger partial charge in [0.15, 0.2) is 11.6 Å². The SMILES string of the molecule is CC(=O)N(CCC(=O)Nc1cc(C)on1)c1ccccc1Oc1ccccc1. The first-order valence-electron chi connectivity index (χ1n) is 8.86. The lowest BCUT2D eigenvalue weighted by Gasteiger charge is -2.23. The van der Waals surface area contributed by atoms with Gasteiger partial charge in [0.2, 0.25) is 11.8 Å². The van der Waals surface area contributed by atoms with Gasteiger partial charge in [-0.25, -0.2) is 0 Å². The van der Waals surface area contributed by atoms with E-state index < -0.39 is 0 Å². The summed E-state index contributed by atoms with van der Waals surface area (Å²) in [6.07, 6.45) is 0.102. The van der Waals surface area contributed by atoms with E-state index in [4.69, 9.17) is 9.26 Å². The van der Waals surface area contributed by atoms with E-state index in [1.165, 1.54) is 11.8 Å². The van der Waals surface area contributed by atoms with Crippen LogP contribution in [0.2, 0.25) is 0 Å². The number of para-hydroxylation sites is 3. The Balaban J connectivity index is 1.71. The number of hydrogen-bond acceptors (Lipinski definition) is 5. The van der Waals surface area contributed by atoms with Gasteiger partial charge < -0.3 is 19.5 Å². The molecule has 0 aliphatic rings. The number of ether oxygens (including phenoxy) is 1. The molecule has 0 aliphatic carbocycles. The number of aromatic nitrogens is 1. The number of benzene rings is 2. The maximum absolute atomic E-state index is 12.2. The van der Waals surface area contributed by atoms with E-state index in [0.717, 1.165) is 0 Å². The quantitative estimate of drug-likeness (QED) is 0.666. The average Bonchev–Trinajstić information content (AvgIpc) is 3.08. The molecule has 3 aromatic rings. The highest BCUT2D eigenvalue weighted by Crippen LogP contribution is 2.32. The van der Waals surface area contributed by atoms with Crippen LogP contribution in [0.25, 0.3) is 0 Å². The van der Waals surface area contributed by atoms with Crippen molar-refractivity contribution in [2.24, 2.45) is 0 Å². The van der Waals surface area contributed by atoms with Gasteiger partial charge in [0.05, 0.1) is 5.69 Å². The van der Waals surface area contributed by atoms with Gasteiger partial charge >= 0.3 is 0 Å². The lowest BCUT2D eigenvalue weighted by Crippen LogP contribution is -2.32. The van der Waals surface area contributed by atoms with Crippen molar-refractivity contribution in [3.05, 3.63) is 66.4 Å². The minimum absolute atomic E-state index is 0.102. The first kappa shape index (κ1) is 19.2. The zero-order chi connectivity index (χ0) is 19.9. The summed E-state index contributed by atoms with van der Waals surface area (Å²) in [5.41, 5.74) is 0.601. The van der Waals surface area contributed by atoms with E-state index in [-0.39, 0.29) is 24.8 Å². The third kappa shape index (κ3) is 4.97. The fraction of sp³-hybridized carbons (Fsp3) is 0.190. The summed E-state index contributed by atoms with van der Waals surface area (Å²) in [7, 11) is 0. The van der Waals surface area contributed by atoms with E-state index in [2.05, 4.69) is 10.5 Å². The van der Waals surface area contributed by atoms with Crippen LogP contribution in [-0.2, 0) is 9.59 Å². The molecule has 7 heteroatoms. The summed E-state index contributed by atoms with van der Waals surface area (Å²) in [5, 5.41) is 6.38. The Labute approximate surface area is 162 Å². The lowest BCUT2D eigenvalue weighted by molar-refractivity contribution is -0.117. The molecule has 0 fully saturated rings. The van der Waals surface area contributed by atoms with Gasteiger partial charge in [0.1, 0.15) is 11.5 Å². The van der Waals surface area contributed by atoms with Gasteiger partial charge in [-0.3, -0.25) is 9.59 Å². The average molecular weight is 379 g/mol. The van der Waals surface area contributed by atoms with Crippen LogP contribution >= 0.6 is 0 Å². The van der Waals surface area contributed by atoms with Crippen LogP contribution in [0, 0.1) is 6.92 Å². The van der Waals surface area contributed by atoms with Crippen LogP contribution in [0.5, 0.6) is 11.5 Å². The van der Waals surface area contributed by atoms with Crippen LogP contribution < -0.4 is 15.0 Å². The number of anilines is 2. The fourth-order valence-electron chi connectivity index (χ4n) is 2.67. The molecular formula is C21H21N3O4. The van der Waals surface area contributed by atoms with Crippen LogP contribution in [0.1, 0.15) is 19.1 Å². The molecule has 144 valence electrons. The molecule has 28 heavy (non-hydrogen) atoms. The fourth-order valence-corrected chi connectivity index (χ4v) is 2.67. The highest BCUT2D eigenvalue weighted by molar-refractivity contribution is 5.95. The molecule has 1 heterocycles.